The molecule has 2 amide bonds. The van der Waals surface area contributed by atoms with Crippen molar-refractivity contribution < 1.29 is 24.6 Å². The summed E-state index contributed by atoms with van der Waals surface area (Å²) < 4.78 is 0. The Bertz CT molecular complexity index is 368. The summed E-state index contributed by atoms with van der Waals surface area (Å²) >= 11 is 0. The zero-order chi connectivity index (χ0) is 16.5. The number of nitrogens with two attached hydrogens (primary N) is 1. The molecule has 0 fully saturated rings. The maximum atomic E-state index is 11.8. The zero-order valence-electron chi connectivity index (χ0n) is 12.7. The first-order valence-corrected chi connectivity index (χ1v) is 7.21. The molecule has 2 atom stereocenters. The largest absolute Gasteiger partial charge is 0.480 e. The molecule has 0 saturated heterocycles. The molecule has 0 aliphatic heterocycles. The van der Waals surface area contributed by atoms with Crippen molar-refractivity contribution in [2.45, 2.75) is 70.4 Å². The molecule has 0 aliphatic rings. The van der Waals surface area contributed by atoms with Crippen molar-refractivity contribution in [3.8, 4) is 0 Å². The number of aliphatic hydroxyl groups is 1. The summed E-state index contributed by atoms with van der Waals surface area (Å²) in [6, 6.07) is -1.17. The summed E-state index contributed by atoms with van der Waals surface area (Å²) in [5.74, 6) is -2.40. The number of carboxylic acids is 1. The monoisotopic (exact) mass is 302 g/mol. The first-order valence-electron chi connectivity index (χ1n) is 7.21. The molecule has 0 aromatic carbocycles. The van der Waals surface area contributed by atoms with Gasteiger partial charge in [0, 0.05) is 6.42 Å². The molecule has 0 radical (unpaired) electrons. The Morgan fingerprint density at radius 2 is 1.90 bits per heavy atom. The van der Waals surface area contributed by atoms with E-state index in [4.69, 9.17) is 10.8 Å². The molecule has 21 heavy (non-hydrogen) atoms. The Balaban J connectivity index is 4.35. The van der Waals surface area contributed by atoms with E-state index in [0.29, 0.717) is 6.42 Å². The average Bonchev–Trinajstić information content (AvgIpc) is 2.33. The Labute approximate surface area is 124 Å². The van der Waals surface area contributed by atoms with Gasteiger partial charge in [0.15, 0.2) is 0 Å². The Hall–Kier alpha value is -1.63. The molecule has 0 rings (SSSR count). The van der Waals surface area contributed by atoms with Crippen LogP contribution in [0.15, 0.2) is 0 Å². The third-order valence-corrected chi connectivity index (χ3v) is 3.17. The molecule has 7 heteroatoms. The smallest absolute Gasteiger partial charge is 0.326 e. The van der Waals surface area contributed by atoms with E-state index in [1.807, 2.05) is 6.92 Å². The Morgan fingerprint density at radius 1 is 1.29 bits per heavy atom. The number of hydrogen-bond acceptors (Lipinski definition) is 4. The van der Waals surface area contributed by atoms with Crippen molar-refractivity contribution in [1.82, 2.24) is 5.32 Å². The van der Waals surface area contributed by atoms with E-state index >= 15 is 0 Å². The number of rotatable bonds is 11. The van der Waals surface area contributed by atoms with Crippen molar-refractivity contribution in [2.75, 3.05) is 0 Å². The summed E-state index contributed by atoms with van der Waals surface area (Å²) in [4.78, 5) is 33.5. The van der Waals surface area contributed by atoms with Crippen LogP contribution >= 0.6 is 0 Å². The molecule has 0 aliphatic carbocycles. The van der Waals surface area contributed by atoms with Gasteiger partial charge in [0.2, 0.25) is 11.8 Å². The minimum atomic E-state index is -1.23. The predicted octanol–water partition coefficient (Wildman–Crippen LogP) is 0.543. The maximum absolute atomic E-state index is 11.8. The van der Waals surface area contributed by atoms with Gasteiger partial charge in [-0.05, 0) is 19.8 Å². The third-order valence-electron chi connectivity index (χ3n) is 3.17. The molecule has 0 heterocycles. The highest BCUT2D eigenvalue weighted by Gasteiger charge is 2.27. The number of aliphatic carboxylic acids is 1. The van der Waals surface area contributed by atoms with Crippen LogP contribution in [0.4, 0.5) is 0 Å². The van der Waals surface area contributed by atoms with Crippen molar-refractivity contribution in [3.63, 3.8) is 0 Å². The minimum Gasteiger partial charge on any atom is -0.480 e. The van der Waals surface area contributed by atoms with Crippen LogP contribution in [0.25, 0.3) is 0 Å². The van der Waals surface area contributed by atoms with Crippen molar-refractivity contribution >= 4 is 17.8 Å². The molecule has 0 spiro atoms. The molecular formula is C14H26N2O5. The minimum absolute atomic E-state index is 0.0611. The van der Waals surface area contributed by atoms with Crippen LogP contribution in [0, 0.1) is 0 Å². The second-order valence-corrected chi connectivity index (χ2v) is 5.59. The second kappa shape index (κ2) is 9.33. The number of carbonyl (C=O) groups is 3. The van der Waals surface area contributed by atoms with Gasteiger partial charge in [-0.1, -0.05) is 26.2 Å². The normalized spacial score (nSPS) is 15.0. The average molecular weight is 302 g/mol. The molecule has 0 bridgehead atoms. The van der Waals surface area contributed by atoms with Gasteiger partial charge >= 0.3 is 5.97 Å². The van der Waals surface area contributed by atoms with Crippen molar-refractivity contribution in [2.24, 2.45) is 5.73 Å². The van der Waals surface area contributed by atoms with Crippen LogP contribution in [0.3, 0.4) is 0 Å². The van der Waals surface area contributed by atoms with Gasteiger partial charge in [0.25, 0.3) is 0 Å². The third kappa shape index (κ3) is 9.84. The van der Waals surface area contributed by atoms with Crippen LogP contribution < -0.4 is 11.1 Å². The summed E-state index contributed by atoms with van der Waals surface area (Å²) in [5, 5.41) is 21.4. The highest BCUT2D eigenvalue weighted by atomic mass is 16.4. The lowest BCUT2D eigenvalue weighted by atomic mass is 9.94. The second-order valence-electron chi connectivity index (χ2n) is 5.59. The van der Waals surface area contributed by atoms with Gasteiger partial charge < -0.3 is 21.3 Å². The Morgan fingerprint density at radius 3 is 2.38 bits per heavy atom. The molecule has 0 aromatic heterocycles. The van der Waals surface area contributed by atoms with Crippen LogP contribution in [-0.2, 0) is 14.4 Å². The molecule has 122 valence electrons. The number of unbranched alkanes of at least 4 members (excludes halogenated alkanes) is 2. The molecule has 1 unspecified atom stereocenters. The van der Waals surface area contributed by atoms with Gasteiger partial charge in [-0.15, -0.1) is 0 Å². The van der Waals surface area contributed by atoms with Gasteiger partial charge in [0.05, 0.1) is 12.0 Å². The van der Waals surface area contributed by atoms with E-state index in [-0.39, 0.29) is 19.3 Å². The number of amides is 2. The fraction of sp³-hybridized carbons (Fsp3) is 0.786. The zero-order valence-corrected chi connectivity index (χ0v) is 12.7. The van der Waals surface area contributed by atoms with Gasteiger partial charge in [-0.2, -0.15) is 0 Å². The lowest BCUT2D eigenvalue weighted by Crippen LogP contribution is -2.44. The SMILES string of the molecule is CCCCCC(C)(O)CC(=O)N[C@@H](CCC(N)=O)C(=O)O. The number of carboxylic acid groups (broad SMARTS) is 1. The standard InChI is InChI=1S/C14H26N2O5/c1-3-4-5-8-14(2,21)9-12(18)16-10(13(19)20)6-7-11(15)17/h10,21H,3-9H2,1-2H3,(H2,15,17)(H,16,18)(H,19,20)/t10-,14?/m0/s1. The van der Waals surface area contributed by atoms with Gasteiger partial charge in [-0.3, -0.25) is 9.59 Å². The maximum Gasteiger partial charge on any atom is 0.326 e. The molecular weight excluding hydrogens is 276 g/mol. The van der Waals surface area contributed by atoms with E-state index in [0.717, 1.165) is 19.3 Å². The number of hydrogen-bond donors (Lipinski definition) is 4. The lowest BCUT2D eigenvalue weighted by Gasteiger charge is -2.23. The topological polar surface area (TPSA) is 130 Å². The highest BCUT2D eigenvalue weighted by molar-refractivity contribution is 5.84. The summed E-state index contributed by atoms with van der Waals surface area (Å²) in [6.45, 7) is 3.60. The van der Waals surface area contributed by atoms with Gasteiger partial charge in [-0.25, -0.2) is 4.79 Å². The van der Waals surface area contributed by atoms with Crippen LogP contribution in [0.5, 0.6) is 0 Å². The quantitative estimate of drug-likeness (QED) is 0.414. The fourth-order valence-electron chi connectivity index (χ4n) is 1.98. The van der Waals surface area contributed by atoms with E-state index < -0.39 is 29.4 Å². The first-order chi connectivity index (χ1) is 9.68. The first kappa shape index (κ1) is 19.4. The summed E-state index contributed by atoms with van der Waals surface area (Å²) in [6.07, 6.45) is 2.91. The highest BCUT2D eigenvalue weighted by Crippen LogP contribution is 2.18. The van der Waals surface area contributed by atoms with Gasteiger partial charge in [0.1, 0.15) is 6.04 Å². The van der Waals surface area contributed by atoms with Crippen molar-refractivity contribution in [1.29, 1.82) is 0 Å². The van der Waals surface area contributed by atoms with Crippen molar-refractivity contribution in [3.05, 3.63) is 0 Å². The molecule has 7 nitrogen and oxygen atoms in total. The number of nitrogens with one attached hydrogen (secondary N) is 1. The number of primary amides is 1. The molecule has 0 aromatic rings. The summed E-state index contributed by atoms with van der Waals surface area (Å²) in [5.41, 5.74) is 3.80. The Kier molecular flexibility index (Phi) is 8.61. The van der Waals surface area contributed by atoms with Crippen LogP contribution in [0.1, 0.15) is 58.8 Å². The fourth-order valence-corrected chi connectivity index (χ4v) is 1.98. The van der Waals surface area contributed by atoms with E-state index in [2.05, 4.69) is 5.32 Å². The van der Waals surface area contributed by atoms with E-state index in [1.165, 1.54) is 0 Å². The van der Waals surface area contributed by atoms with E-state index in [1.54, 1.807) is 6.92 Å². The predicted molar refractivity (Wildman–Crippen MR) is 77.4 cm³/mol. The molecule has 0 saturated carbocycles. The van der Waals surface area contributed by atoms with Crippen LogP contribution in [-0.4, -0.2) is 39.6 Å². The lowest BCUT2D eigenvalue weighted by molar-refractivity contribution is -0.143. The van der Waals surface area contributed by atoms with Crippen LogP contribution in [0.2, 0.25) is 0 Å². The molecule has 5 N–H and O–H groups in total. The van der Waals surface area contributed by atoms with E-state index in [9.17, 15) is 19.5 Å². The number of carbonyl (C=O) groups excluding carboxylic acids is 2. The summed E-state index contributed by atoms with van der Waals surface area (Å²) in [7, 11) is 0.